The molecule has 0 aromatic heterocycles. The summed E-state index contributed by atoms with van der Waals surface area (Å²) in [4.78, 5) is 2.34. The normalized spacial score (nSPS) is 14.6. The quantitative estimate of drug-likeness (QED) is 0.760. The molecule has 0 unspecified atom stereocenters. The van der Waals surface area contributed by atoms with Crippen molar-refractivity contribution in [3.63, 3.8) is 0 Å². The number of unbranched alkanes of at least 4 members (excludes halogenated alkanes) is 3. The fourth-order valence-corrected chi connectivity index (χ4v) is 2.90. The molecule has 0 bridgehead atoms. The zero-order valence-corrected chi connectivity index (χ0v) is 13.7. The van der Waals surface area contributed by atoms with E-state index in [-0.39, 0.29) is 11.4 Å². The van der Waals surface area contributed by atoms with Crippen molar-refractivity contribution in [2.75, 3.05) is 24.5 Å². The van der Waals surface area contributed by atoms with Gasteiger partial charge in [0.1, 0.15) is 5.82 Å². The maximum Gasteiger partial charge on any atom is 0.125 e. The molecule has 0 fully saturated rings. The van der Waals surface area contributed by atoms with Crippen molar-refractivity contribution < 1.29 is 4.39 Å². The van der Waals surface area contributed by atoms with E-state index >= 15 is 0 Å². The molecule has 0 atom stereocenters. The highest BCUT2D eigenvalue weighted by molar-refractivity contribution is 5.58. The van der Waals surface area contributed by atoms with E-state index in [1.165, 1.54) is 31.2 Å². The number of fused-ring (bicyclic) bond motifs is 1. The van der Waals surface area contributed by atoms with Gasteiger partial charge in [0.2, 0.25) is 0 Å². The monoisotopic (exact) mass is 292 g/mol. The molecule has 1 aromatic carbocycles. The predicted octanol–water partition coefficient (Wildman–Crippen LogP) is 4.14. The Bertz CT molecular complexity index is 451. The number of hydrogen-bond acceptors (Lipinski definition) is 2. The predicted molar refractivity (Wildman–Crippen MR) is 88.5 cm³/mol. The summed E-state index contributed by atoms with van der Waals surface area (Å²) in [6.45, 7) is 9.82. The van der Waals surface area contributed by atoms with Gasteiger partial charge in [-0.25, -0.2) is 4.39 Å². The zero-order valence-electron chi connectivity index (χ0n) is 13.7. The first-order valence-electron chi connectivity index (χ1n) is 8.24. The maximum absolute atomic E-state index is 13.3. The molecular weight excluding hydrogens is 263 g/mol. The molecule has 2 nitrogen and oxygen atoms in total. The number of anilines is 1. The fourth-order valence-electron chi connectivity index (χ4n) is 2.90. The van der Waals surface area contributed by atoms with Gasteiger partial charge in [0.15, 0.2) is 0 Å². The molecule has 1 aliphatic heterocycles. The minimum absolute atomic E-state index is 0.117. The van der Waals surface area contributed by atoms with Crippen LogP contribution in [0.25, 0.3) is 0 Å². The summed E-state index contributed by atoms with van der Waals surface area (Å²) in [5, 5.41) is 3.52. The molecule has 118 valence electrons. The first kappa shape index (κ1) is 16.3. The van der Waals surface area contributed by atoms with Crippen molar-refractivity contribution >= 4 is 5.69 Å². The Kier molecular flexibility index (Phi) is 5.63. The number of nitrogens with zero attached hydrogens (tertiary/aromatic N) is 1. The molecule has 1 N–H and O–H groups in total. The standard InChI is InChI=1S/C18H29FN2/c1-18(2,3)20-11-6-4-5-7-12-21-13-10-15-8-9-16(19)14-17(15)21/h8-9,14,20H,4-7,10-13H2,1-3H3. The molecule has 0 spiro atoms. The number of halogens is 1. The van der Waals surface area contributed by atoms with E-state index in [1.807, 2.05) is 6.07 Å². The second-order valence-corrected chi connectivity index (χ2v) is 7.10. The number of benzene rings is 1. The third-order valence-corrected chi connectivity index (χ3v) is 4.05. The summed E-state index contributed by atoms with van der Waals surface area (Å²) in [7, 11) is 0. The molecule has 1 aliphatic rings. The van der Waals surface area contributed by atoms with E-state index in [0.29, 0.717) is 0 Å². The summed E-state index contributed by atoms with van der Waals surface area (Å²) in [6, 6.07) is 5.20. The van der Waals surface area contributed by atoms with Gasteiger partial charge in [0.05, 0.1) is 0 Å². The second-order valence-electron chi connectivity index (χ2n) is 7.10. The van der Waals surface area contributed by atoms with E-state index in [4.69, 9.17) is 0 Å². The van der Waals surface area contributed by atoms with E-state index in [9.17, 15) is 4.39 Å². The molecular formula is C18H29FN2. The van der Waals surface area contributed by atoms with Crippen LogP contribution in [-0.4, -0.2) is 25.2 Å². The van der Waals surface area contributed by atoms with Gasteiger partial charge < -0.3 is 10.2 Å². The van der Waals surface area contributed by atoms with E-state index < -0.39 is 0 Å². The van der Waals surface area contributed by atoms with Crippen LogP contribution in [0.3, 0.4) is 0 Å². The van der Waals surface area contributed by atoms with Gasteiger partial charge in [-0.2, -0.15) is 0 Å². The minimum Gasteiger partial charge on any atom is -0.371 e. The lowest BCUT2D eigenvalue weighted by molar-refractivity contribution is 0.416. The van der Waals surface area contributed by atoms with Gasteiger partial charge in [-0.3, -0.25) is 0 Å². The molecule has 0 aliphatic carbocycles. The highest BCUT2D eigenvalue weighted by atomic mass is 19.1. The topological polar surface area (TPSA) is 15.3 Å². The highest BCUT2D eigenvalue weighted by Crippen LogP contribution is 2.28. The van der Waals surface area contributed by atoms with Gasteiger partial charge in [-0.15, -0.1) is 0 Å². The van der Waals surface area contributed by atoms with Crippen LogP contribution in [0.4, 0.5) is 10.1 Å². The average Bonchev–Trinajstić information content (AvgIpc) is 2.79. The number of rotatable bonds is 7. The van der Waals surface area contributed by atoms with Gasteiger partial charge >= 0.3 is 0 Å². The fraction of sp³-hybridized carbons (Fsp3) is 0.667. The van der Waals surface area contributed by atoms with Crippen molar-refractivity contribution in [2.45, 2.75) is 58.4 Å². The van der Waals surface area contributed by atoms with Gasteiger partial charge in [0, 0.05) is 24.3 Å². The van der Waals surface area contributed by atoms with E-state index in [2.05, 4.69) is 31.0 Å². The van der Waals surface area contributed by atoms with Crippen molar-refractivity contribution in [3.8, 4) is 0 Å². The molecule has 0 amide bonds. The smallest absolute Gasteiger partial charge is 0.125 e. The first-order valence-corrected chi connectivity index (χ1v) is 8.24. The maximum atomic E-state index is 13.3. The Morgan fingerprint density at radius 1 is 1.14 bits per heavy atom. The Morgan fingerprint density at radius 3 is 2.67 bits per heavy atom. The van der Waals surface area contributed by atoms with Crippen molar-refractivity contribution in [2.24, 2.45) is 0 Å². The lowest BCUT2D eigenvalue weighted by Gasteiger charge is -2.21. The average molecular weight is 292 g/mol. The minimum atomic E-state index is -0.117. The summed E-state index contributed by atoms with van der Waals surface area (Å²) in [6.07, 6.45) is 6.03. The molecule has 3 heteroatoms. The molecule has 1 aromatic rings. The third-order valence-electron chi connectivity index (χ3n) is 4.05. The Balaban J connectivity index is 1.62. The van der Waals surface area contributed by atoms with Crippen LogP contribution in [0, 0.1) is 5.82 Å². The number of nitrogens with one attached hydrogen (secondary N) is 1. The summed E-state index contributed by atoms with van der Waals surface area (Å²) in [5.74, 6) is -0.117. The third kappa shape index (κ3) is 5.31. The summed E-state index contributed by atoms with van der Waals surface area (Å²) >= 11 is 0. The van der Waals surface area contributed by atoms with E-state index in [0.717, 1.165) is 31.7 Å². The first-order chi connectivity index (χ1) is 9.96. The van der Waals surface area contributed by atoms with Crippen LogP contribution in [0.2, 0.25) is 0 Å². The molecule has 21 heavy (non-hydrogen) atoms. The largest absolute Gasteiger partial charge is 0.371 e. The van der Waals surface area contributed by atoms with Crippen LogP contribution in [-0.2, 0) is 6.42 Å². The molecule has 1 heterocycles. The van der Waals surface area contributed by atoms with Crippen LogP contribution < -0.4 is 10.2 Å². The molecule has 0 radical (unpaired) electrons. The van der Waals surface area contributed by atoms with Gasteiger partial charge in [0.25, 0.3) is 0 Å². The molecule has 2 rings (SSSR count). The summed E-state index contributed by atoms with van der Waals surface area (Å²) in [5.41, 5.74) is 2.64. The van der Waals surface area contributed by atoms with Crippen LogP contribution in [0.15, 0.2) is 18.2 Å². The second kappa shape index (κ2) is 7.26. The van der Waals surface area contributed by atoms with Crippen molar-refractivity contribution in [1.29, 1.82) is 0 Å². The van der Waals surface area contributed by atoms with Crippen LogP contribution in [0.1, 0.15) is 52.0 Å². The van der Waals surface area contributed by atoms with E-state index in [1.54, 1.807) is 12.1 Å². The van der Waals surface area contributed by atoms with Gasteiger partial charge in [-0.05, 0) is 64.3 Å². The van der Waals surface area contributed by atoms with Crippen LogP contribution >= 0.6 is 0 Å². The van der Waals surface area contributed by atoms with Gasteiger partial charge in [-0.1, -0.05) is 18.9 Å². The Labute approximate surface area is 128 Å². The summed E-state index contributed by atoms with van der Waals surface area (Å²) < 4.78 is 13.3. The zero-order chi connectivity index (χ0) is 15.3. The molecule has 0 saturated carbocycles. The van der Waals surface area contributed by atoms with Crippen molar-refractivity contribution in [1.82, 2.24) is 5.32 Å². The Hall–Kier alpha value is -1.09. The lowest BCUT2D eigenvalue weighted by Crippen LogP contribution is -2.36. The Morgan fingerprint density at radius 2 is 1.90 bits per heavy atom. The lowest BCUT2D eigenvalue weighted by atomic mass is 10.1. The molecule has 0 saturated heterocycles. The number of hydrogen-bond donors (Lipinski definition) is 1. The van der Waals surface area contributed by atoms with Crippen LogP contribution in [0.5, 0.6) is 0 Å². The highest BCUT2D eigenvalue weighted by Gasteiger charge is 2.18. The van der Waals surface area contributed by atoms with Crippen molar-refractivity contribution in [3.05, 3.63) is 29.6 Å². The SMILES string of the molecule is CC(C)(C)NCCCCCCN1CCc2ccc(F)cc21.